The van der Waals surface area contributed by atoms with Gasteiger partial charge in [0.1, 0.15) is 22.3 Å². The second-order valence-corrected chi connectivity index (χ2v) is 17.5. The third-order valence-electron chi connectivity index (χ3n) is 11.7. The lowest BCUT2D eigenvalue weighted by Gasteiger charge is -2.64. The Hall–Kier alpha value is -2.93. The maximum absolute atomic E-state index is 15.5. The Kier molecular flexibility index (Phi) is 12.2. The quantitative estimate of drug-likeness (QED) is 0.0508. The predicted octanol–water partition coefficient (Wildman–Crippen LogP) is 10.8. The van der Waals surface area contributed by atoms with Gasteiger partial charge in [0.25, 0.3) is 0 Å². The Balaban J connectivity index is 1.96. The number of rotatable bonds is 14. The normalized spacial score (nSPS) is 26.4. The number of Topliss-reactive ketones (excluding diaryl/α,β-unsaturated/α-hetero) is 3. The summed E-state index contributed by atoms with van der Waals surface area (Å²) in [5.74, 6) is -0.778. The summed E-state index contributed by atoms with van der Waals surface area (Å²) in [7, 11) is 0. The molecule has 2 bridgehead atoms. The van der Waals surface area contributed by atoms with Crippen LogP contribution in [0.4, 0.5) is 0 Å². The number of carbonyl (C=O) groups is 3. The Labute approximate surface area is 309 Å². The van der Waals surface area contributed by atoms with E-state index in [0.29, 0.717) is 19.4 Å². The minimum atomic E-state index is -1.47. The Morgan fingerprint density at radius 3 is 2.08 bits per heavy atom. The molecule has 4 atom stereocenters. The average molecular weight is 752 g/mol. The molecular weight excluding hydrogens is 692 g/mol. The SMILES string of the molecule is CC(C)=CC[C@H]1C[C@@]23C[C@@H](CC=C(C)C)C(C)(C)[C@@](CC=C(C)C)(C(=O)C(C(=O)c4ccc(OCCCCCBr)c(O)c4)=C2OC1(C)C)C3=O. The van der Waals surface area contributed by atoms with E-state index in [2.05, 4.69) is 69.6 Å². The van der Waals surface area contributed by atoms with Crippen LogP contribution in [0, 0.1) is 28.1 Å². The molecule has 0 radical (unpaired) electrons. The molecule has 0 aromatic heterocycles. The van der Waals surface area contributed by atoms with Crippen LogP contribution in [0.2, 0.25) is 0 Å². The van der Waals surface area contributed by atoms with Gasteiger partial charge in [-0.15, -0.1) is 0 Å². The highest BCUT2D eigenvalue weighted by molar-refractivity contribution is 9.09. The lowest BCUT2D eigenvalue weighted by Crippen LogP contribution is -2.69. The monoisotopic (exact) mass is 750 g/mol. The molecule has 1 saturated heterocycles. The molecule has 1 spiro atoms. The van der Waals surface area contributed by atoms with Gasteiger partial charge in [-0.3, -0.25) is 14.4 Å². The molecule has 0 amide bonds. The van der Waals surface area contributed by atoms with Crippen molar-refractivity contribution in [3.63, 3.8) is 0 Å². The molecule has 2 aliphatic carbocycles. The fourth-order valence-electron chi connectivity index (χ4n) is 8.39. The van der Waals surface area contributed by atoms with Gasteiger partial charge in [0.05, 0.1) is 12.0 Å². The largest absolute Gasteiger partial charge is 0.504 e. The maximum Gasteiger partial charge on any atom is 0.200 e. The van der Waals surface area contributed by atoms with Crippen LogP contribution in [0.25, 0.3) is 0 Å². The smallest absolute Gasteiger partial charge is 0.200 e. The van der Waals surface area contributed by atoms with Gasteiger partial charge in [-0.05, 0) is 136 Å². The minimum Gasteiger partial charge on any atom is -0.504 e. The van der Waals surface area contributed by atoms with Crippen molar-refractivity contribution < 1.29 is 29.0 Å². The maximum atomic E-state index is 15.5. The van der Waals surface area contributed by atoms with E-state index in [0.717, 1.165) is 43.0 Å². The highest BCUT2D eigenvalue weighted by Gasteiger charge is 2.74. The van der Waals surface area contributed by atoms with E-state index in [-0.39, 0.29) is 52.4 Å². The van der Waals surface area contributed by atoms with Crippen LogP contribution in [0.15, 0.2) is 64.5 Å². The first-order chi connectivity index (χ1) is 23.4. The van der Waals surface area contributed by atoms with Gasteiger partial charge in [0.2, 0.25) is 0 Å². The number of unbranched alkanes of at least 4 members (excludes halogenated alkanes) is 2. The van der Waals surface area contributed by atoms with Crippen molar-refractivity contribution in [2.75, 3.05) is 11.9 Å². The number of halogens is 1. The summed E-state index contributed by atoms with van der Waals surface area (Å²) in [4.78, 5) is 45.7. The van der Waals surface area contributed by atoms with E-state index in [1.54, 1.807) is 12.1 Å². The fraction of sp³-hybridized carbons (Fsp3) is 0.605. The topological polar surface area (TPSA) is 89.9 Å². The number of hydrogen-bond donors (Lipinski definition) is 1. The molecule has 1 N–H and O–H groups in total. The molecule has 2 fully saturated rings. The van der Waals surface area contributed by atoms with Crippen molar-refractivity contribution in [2.45, 2.75) is 126 Å². The van der Waals surface area contributed by atoms with Gasteiger partial charge in [-0.25, -0.2) is 0 Å². The summed E-state index contributed by atoms with van der Waals surface area (Å²) >= 11 is 3.44. The number of phenols is 1. The number of ketones is 3. The number of ether oxygens (including phenoxy) is 2. The van der Waals surface area contributed by atoms with Crippen LogP contribution in [0.3, 0.4) is 0 Å². The van der Waals surface area contributed by atoms with E-state index in [9.17, 15) is 9.90 Å². The van der Waals surface area contributed by atoms with Gasteiger partial charge in [-0.1, -0.05) is 64.7 Å². The van der Waals surface area contributed by atoms with Crippen molar-refractivity contribution in [1.82, 2.24) is 0 Å². The number of carbonyl (C=O) groups excluding carboxylic acids is 3. The van der Waals surface area contributed by atoms with Crippen LogP contribution >= 0.6 is 15.9 Å². The number of fused-ring (bicyclic) bond motifs is 1. The molecule has 1 saturated carbocycles. The number of allylic oxidation sites excluding steroid dienone is 8. The van der Waals surface area contributed by atoms with Gasteiger partial charge in [0, 0.05) is 16.8 Å². The number of aromatic hydroxyl groups is 1. The first-order valence-electron chi connectivity index (χ1n) is 18.4. The summed E-state index contributed by atoms with van der Waals surface area (Å²) in [5.41, 5.74) is -0.610. The van der Waals surface area contributed by atoms with E-state index in [1.165, 1.54) is 17.2 Å². The van der Waals surface area contributed by atoms with Crippen LogP contribution in [0.1, 0.15) is 131 Å². The summed E-state index contributed by atoms with van der Waals surface area (Å²) < 4.78 is 12.7. The minimum absolute atomic E-state index is 0.0137. The average Bonchev–Trinajstić information content (AvgIpc) is 3.02. The summed E-state index contributed by atoms with van der Waals surface area (Å²) in [5, 5.41) is 11.9. The molecule has 3 aliphatic rings. The van der Waals surface area contributed by atoms with Crippen molar-refractivity contribution in [1.29, 1.82) is 0 Å². The third kappa shape index (κ3) is 7.36. The number of benzene rings is 1. The van der Waals surface area contributed by atoms with Gasteiger partial charge in [0.15, 0.2) is 28.8 Å². The van der Waals surface area contributed by atoms with Crippen molar-refractivity contribution in [3.05, 3.63) is 70.0 Å². The zero-order valence-electron chi connectivity index (χ0n) is 32.1. The molecule has 1 heterocycles. The summed E-state index contributed by atoms with van der Waals surface area (Å²) in [6.07, 6.45) is 11.9. The van der Waals surface area contributed by atoms with Gasteiger partial charge < -0.3 is 14.6 Å². The van der Waals surface area contributed by atoms with Crippen LogP contribution in [0.5, 0.6) is 11.5 Å². The standard InChI is InChI=1S/C43H59BrO6/c1-27(2)14-17-31-25-42-26-32(18-15-28(3)4)41(9,10)50-38(42)35(37(47)43(39(42)48,40(31,7)8)21-20-29(5)6)36(46)30-16-19-34(33(45)24-30)49-23-13-11-12-22-44/h14-16,19-20,24,31-32,45H,11-13,17-18,21-23,25-26H2,1-10H3/t31-,32+,42+,43+/m1/s1. The van der Waals surface area contributed by atoms with E-state index < -0.39 is 33.4 Å². The summed E-state index contributed by atoms with van der Waals surface area (Å²) in [6.45, 7) is 20.8. The van der Waals surface area contributed by atoms with Crippen LogP contribution in [-0.2, 0) is 14.3 Å². The highest BCUT2D eigenvalue weighted by Crippen LogP contribution is 2.69. The molecule has 50 heavy (non-hydrogen) atoms. The zero-order chi connectivity index (χ0) is 37.2. The molecular formula is C43H59BrO6. The van der Waals surface area contributed by atoms with E-state index >= 15 is 9.59 Å². The first kappa shape index (κ1) is 39.8. The van der Waals surface area contributed by atoms with Crippen molar-refractivity contribution in [2.24, 2.45) is 28.1 Å². The lowest BCUT2D eigenvalue weighted by molar-refractivity contribution is -0.188. The Bertz CT molecular complexity index is 1610. The molecule has 1 aromatic rings. The molecule has 1 aliphatic heterocycles. The fourth-order valence-corrected chi connectivity index (χ4v) is 8.79. The third-order valence-corrected chi connectivity index (χ3v) is 12.2. The number of alkyl halides is 1. The highest BCUT2D eigenvalue weighted by atomic mass is 79.9. The second-order valence-electron chi connectivity index (χ2n) is 16.7. The van der Waals surface area contributed by atoms with Crippen molar-refractivity contribution in [3.8, 4) is 11.5 Å². The molecule has 0 unspecified atom stereocenters. The van der Waals surface area contributed by atoms with E-state index in [1.807, 2.05) is 33.8 Å². The van der Waals surface area contributed by atoms with Gasteiger partial charge in [-0.2, -0.15) is 0 Å². The van der Waals surface area contributed by atoms with E-state index in [4.69, 9.17) is 9.47 Å². The van der Waals surface area contributed by atoms with Crippen LogP contribution in [-0.4, -0.2) is 40.0 Å². The van der Waals surface area contributed by atoms with Crippen molar-refractivity contribution >= 4 is 33.3 Å². The predicted molar refractivity (Wildman–Crippen MR) is 205 cm³/mol. The first-order valence-corrected chi connectivity index (χ1v) is 19.5. The van der Waals surface area contributed by atoms with Crippen LogP contribution < -0.4 is 4.74 Å². The van der Waals surface area contributed by atoms with Gasteiger partial charge >= 0.3 is 0 Å². The molecule has 1 aromatic carbocycles. The number of phenolic OH excluding ortho intramolecular Hbond substituents is 1. The second kappa shape index (κ2) is 15.4. The molecule has 4 rings (SSSR count). The zero-order valence-corrected chi connectivity index (χ0v) is 33.6. The molecule has 6 nitrogen and oxygen atoms in total. The number of hydrogen-bond acceptors (Lipinski definition) is 6. The Morgan fingerprint density at radius 2 is 1.50 bits per heavy atom. The lowest BCUT2D eigenvalue weighted by atomic mass is 9.39. The summed E-state index contributed by atoms with van der Waals surface area (Å²) in [6, 6.07) is 4.58. The molecule has 274 valence electrons. The Morgan fingerprint density at radius 1 is 0.900 bits per heavy atom. The molecule has 7 heteroatoms.